The summed E-state index contributed by atoms with van der Waals surface area (Å²) in [6.07, 6.45) is 3.57. The standard InChI is InChI=1S/C10H19NO/c1-7(2)11-6-8-3-4-9(11)5-10(8)12/h7-10,12H,3-6H2,1-2H3. The minimum absolute atomic E-state index is 0.00116. The first-order valence-electron chi connectivity index (χ1n) is 5.12. The molecule has 1 N–H and O–H groups in total. The summed E-state index contributed by atoms with van der Waals surface area (Å²) < 4.78 is 0. The molecule has 2 aliphatic heterocycles. The van der Waals surface area contributed by atoms with Crippen molar-refractivity contribution in [2.45, 2.75) is 51.3 Å². The molecule has 0 aromatic carbocycles. The fourth-order valence-electron chi connectivity index (χ4n) is 2.75. The molecule has 3 aliphatic rings. The van der Waals surface area contributed by atoms with E-state index in [1.807, 2.05) is 0 Å². The largest absolute Gasteiger partial charge is 0.393 e. The topological polar surface area (TPSA) is 23.5 Å². The van der Waals surface area contributed by atoms with Crippen molar-refractivity contribution in [2.24, 2.45) is 5.92 Å². The molecule has 0 spiro atoms. The minimum atomic E-state index is -0.00116. The van der Waals surface area contributed by atoms with Crippen LogP contribution in [0.25, 0.3) is 0 Å². The normalized spacial score (nSPS) is 42.5. The molecule has 2 heteroatoms. The van der Waals surface area contributed by atoms with Crippen molar-refractivity contribution in [3.63, 3.8) is 0 Å². The van der Waals surface area contributed by atoms with E-state index in [-0.39, 0.29) is 6.10 Å². The molecule has 1 aliphatic carbocycles. The molecule has 3 rings (SSSR count). The van der Waals surface area contributed by atoms with Gasteiger partial charge in [0.15, 0.2) is 0 Å². The summed E-state index contributed by atoms with van der Waals surface area (Å²) >= 11 is 0. The van der Waals surface area contributed by atoms with Gasteiger partial charge in [0.25, 0.3) is 0 Å². The Balaban J connectivity index is 2.05. The zero-order chi connectivity index (χ0) is 8.72. The van der Waals surface area contributed by atoms with Crippen molar-refractivity contribution >= 4 is 0 Å². The Labute approximate surface area is 74.6 Å². The van der Waals surface area contributed by atoms with Gasteiger partial charge < -0.3 is 5.11 Å². The SMILES string of the molecule is CC(C)N1CC2CCC1CC2O. The second kappa shape index (κ2) is 3.00. The lowest BCUT2D eigenvalue weighted by molar-refractivity contribution is -0.0611. The molecule has 2 heterocycles. The predicted molar refractivity (Wildman–Crippen MR) is 49.0 cm³/mol. The lowest BCUT2D eigenvalue weighted by Crippen LogP contribution is -2.56. The van der Waals surface area contributed by atoms with E-state index in [1.165, 1.54) is 12.8 Å². The maximum Gasteiger partial charge on any atom is 0.0595 e. The van der Waals surface area contributed by atoms with E-state index in [0.717, 1.165) is 13.0 Å². The lowest BCUT2D eigenvalue weighted by atomic mass is 9.77. The molecule has 0 aromatic heterocycles. The molecular formula is C10H19NO. The summed E-state index contributed by atoms with van der Waals surface area (Å²) in [4.78, 5) is 2.56. The molecule has 3 unspecified atom stereocenters. The van der Waals surface area contributed by atoms with Gasteiger partial charge in [-0.25, -0.2) is 0 Å². The van der Waals surface area contributed by atoms with Gasteiger partial charge >= 0.3 is 0 Å². The molecule has 12 heavy (non-hydrogen) atoms. The van der Waals surface area contributed by atoms with Gasteiger partial charge in [0, 0.05) is 18.6 Å². The van der Waals surface area contributed by atoms with Gasteiger partial charge in [0.05, 0.1) is 6.10 Å². The Hall–Kier alpha value is -0.0800. The first-order chi connectivity index (χ1) is 5.68. The van der Waals surface area contributed by atoms with Crippen molar-refractivity contribution in [3.8, 4) is 0 Å². The van der Waals surface area contributed by atoms with Gasteiger partial charge in [0.2, 0.25) is 0 Å². The molecule has 3 fully saturated rings. The molecule has 0 radical (unpaired) electrons. The van der Waals surface area contributed by atoms with Crippen LogP contribution in [0.5, 0.6) is 0 Å². The summed E-state index contributed by atoms with van der Waals surface area (Å²) in [6.45, 7) is 5.64. The van der Waals surface area contributed by atoms with Crippen molar-refractivity contribution in [2.75, 3.05) is 6.54 Å². The highest BCUT2D eigenvalue weighted by Crippen LogP contribution is 2.35. The van der Waals surface area contributed by atoms with Crippen LogP contribution in [0.1, 0.15) is 33.1 Å². The van der Waals surface area contributed by atoms with E-state index >= 15 is 0 Å². The van der Waals surface area contributed by atoms with Gasteiger partial charge in [-0.2, -0.15) is 0 Å². The summed E-state index contributed by atoms with van der Waals surface area (Å²) in [6, 6.07) is 1.33. The third kappa shape index (κ3) is 1.27. The highest BCUT2D eigenvalue weighted by Gasteiger charge is 2.40. The van der Waals surface area contributed by atoms with Crippen LogP contribution in [0.2, 0.25) is 0 Å². The molecular weight excluding hydrogens is 150 g/mol. The molecule has 2 saturated heterocycles. The first kappa shape index (κ1) is 8.52. The Morgan fingerprint density at radius 2 is 2.08 bits per heavy atom. The van der Waals surface area contributed by atoms with Crippen molar-refractivity contribution in [3.05, 3.63) is 0 Å². The number of rotatable bonds is 1. The maximum absolute atomic E-state index is 9.67. The number of aliphatic hydroxyl groups excluding tert-OH is 1. The van der Waals surface area contributed by atoms with Crippen LogP contribution in [0.3, 0.4) is 0 Å². The highest BCUT2D eigenvalue weighted by atomic mass is 16.3. The van der Waals surface area contributed by atoms with Crippen LogP contribution in [-0.2, 0) is 0 Å². The monoisotopic (exact) mass is 169 g/mol. The Kier molecular flexibility index (Phi) is 2.13. The summed E-state index contributed by atoms with van der Waals surface area (Å²) in [5.41, 5.74) is 0. The van der Waals surface area contributed by atoms with Crippen LogP contribution < -0.4 is 0 Å². The number of nitrogens with zero attached hydrogens (tertiary/aromatic N) is 1. The van der Waals surface area contributed by atoms with E-state index in [2.05, 4.69) is 18.7 Å². The third-order valence-corrected chi connectivity index (χ3v) is 3.51. The maximum atomic E-state index is 9.67. The van der Waals surface area contributed by atoms with Crippen molar-refractivity contribution in [1.29, 1.82) is 0 Å². The van der Waals surface area contributed by atoms with E-state index < -0.39 is 0 Å². The predicted octanol–water partition coefficient (Wildman–Crippen LogP) is 1.24. The van der Waals surface area contributed by atoms with Crippen molar-refractivity contribution < 1.29 is 5.11 Å². The van der Waals surface area contributed by atoms with E-state index in [0.29, 0.717) is 18.0 Å². The fourth-order valence-corrected chi connectivity index (χ4v) is 2.75. The smallest absolute Gasteiger partial charge is 0.0595 e. The van der Waals surface area contributed by atoms with Gasteiger partial charge in [-0.1, -0.05) is 0 Å². The van der Waals surface area contributed by atoms with Gasteiger partial charge in [-0.05, 0) is 39.0 Å². The number of piperidine rings is 2. The Morgan fingerprint density at radius 1 is 1.33 bits per heavy atom. The molecule has 0 aromatic rings. The van der Waals surface area contributed by atoms with Crippen LogP contribution in [-0.4, -0.2) is 34.7 Å². The fraction of sp³-hybridized carbons (Fsp3) is 1.00. The number of fused-ring (bicyclic) bond motifs is 3. The number of hydrogen-bond acceptors (Lipinski definition) is 2. The molecule has 1 saturated carbocycles. The van der Waals surface area contributed by atoms with Crippen LogP contribution >= 0.6 is 0 Å². The molecule has 3 atom stereocenters. The summed E-state index contributed by atoms with van der Waals surface area (Å²) in [5.74, 6) is 0.567. The van der Waals surface area contributed by atoms with Gasteiger partial charge in [-0.15, -0.1) is 0 Å². The second-order valence-electron chi connectivity index (χ2n) is 4.58. The van der Waals surface area contributed by atoms with Crippen LogP contribution in [0.4, 0.5) is 0 Å². The number of aliphatic hydroxyl groups is 1. The van der Waals surface area contributed by atoms with E-state index in [4.69, 9.17) is 0 Å². The summed E-state index contributed by atoms with van der Waals surface area (Å²) in [5, 5.41) is 9.67. The van der Waals surface area contributed by atoms with Crippen LogP contribution in [0.15, 0.2) is 0 Å². The van der Waals surface area contributed by atoms with Crippen LogP contribution in [0, 0.1) is 5.92 Å². The second-order valence-corrected chi connectivity index (χ2v) is 4.58. The Morgan fingerprint density at radius 3 is 2.50 bits per heavy atom. The van der Waals surface area contributed by atoms with E-state index in [1.54, 1.807) is 0 Å². The molecule has 70 valence electrons. The third-order valence-electron chi connectivity index (χ3n) is 3.51. The lowest BCUT2D eigenvalue weighted by Gasteiger charge is -2.49. The molecule has 2 nitrogen and oxygen atoms in total. The quantitative estimate of drug-likeness (QED) is 0.638. The van der Waals surface area contributed by atoms with Gasteiger partial charge in [-0.3, -0.25) is 4.90 Å². The van der Waals surface area contributed by atoms with E-state index in [9.17, 15) is 5.11 Å². The molecule has 2 bridgehead atoms. The average molecular weight is 169 g/mol. The first-order valence-corrected chi connectivity index (χ1v) is 5.12. The average Bonchev–Trinajstić information content (AvgIpc) is 2.04. The highest BCUT2D eigenvalue weighted by molar-refractivity contribution is 4.94. The van der Waals surface area contributed by atoms with Gasteiger partial charge in [0.1, 0.15) is 0 Å². The zero-order valence-electron chi connectivity index (χ0n) is 8.03. The van der Waals surface area contributed by atoms with Crippen molar-refractivity contribution in [1.82, 2.24) is 4.90 Å². The Bertz CT molecular complexity index is 169. The zero-order valence-corrected chi connectivity index (χ0v) is 8.03. The number of hydrogen-bond donors (Lipinski definition) is 1. The minimum Gasteiger partial charge on any atom is -0.393 e. The molecule has 0 amide bonds. The summed E-state index contributed by atoms with van der Waals surface area (Å²) in [7, 11) is 0.